The van der Waals surface area contributed by atoms with Crippen LogP contribution in [0.2, 0.25) is 0 Å². The fraction of sp³-hybridized carbons (Fsp3) is 0.913. The topological polar surface area (TPSA) is 77.5 Å². The standard InChI is InChI=1S/C23H42N2O6/c1-20(2)12-16(13-21(3,4)24(20)28-9)30-18(26)11-19(27)31-17-14-22(5,6)25(29-10)23(7,8)15-17/h16-17H,11-15H2,1-10H3. The third-order valence-electron chi connectivity index (χ3n) is 6.36. The highest BCUT2D eigenvalue weighted by atomic mass is 16.7. The van der Waals surface area contributed by atoms with E-state index in [-0.39, 0.29) is 40.8 Å². The third kappa shape index (κ3) is 5.97. The Morgan fingerprint density at radius 2 is 0.903 bits per heavy atom. The molecule has 0 aliphatic carbocycles. The molecule has 0 spiro atoms. The van der Waals surface area contributed by atoms with Crippen molar-refractivity contribution in [3.05, 3.63) is 0 Å². The molecule has 2 fully saturated rings. The van der Waals surface area contributed by atoms with E-state index < -0.39 is 11.9 Å². The number of rotatable bonds is 6. The van der Waals surface area contributed by atoms with Crippen molar-refractivity contribution in [2.75, 3.05) is 14.2 Å². The van der Waals surface area contributed by atoms with Crippen LogP contribution >= 0.6 is 0 Å². The largest absolute Gasteiger partial charge is 0.462 e. The minimum absolute atomic E-state index is 0.278. The Kier molecular flexibility index (Phi) is 7.53. The summed E-state index contributed by atoms with van der Waals surface area (Å²) in [6, 6.07) is 0. The van der Waals surface area contributed by atoms with Crippen LogP contribution in [-0.4, -0.2) is 70.6 Å². The number of piperidine rings is 2. The van der Waals surface area contributed by atoms with Crippen LogP contribution < -0.4 is 0 Å². The Balaban J connectivity index is 1.93. The third-order valence-corrected chi connectivity index (χ3v) is 6.36. The van der Waals surface area contributed by atoms with Gasteiger partial charge in [0, 0.05) is 47.8 Å². The molecule has 2 heterocycles. The number of carbonyl (C=O) groups excluding carboxylic acids is 2. The molecule has 0 amide bonds. The molecule has 0 bridgehead atoms. The maximum absolute atomic E-state index is 12.5. The van der Waals surface area contributed by atoms with Crippen LogP contribution in [0.15, 0.2) is 0 Å². The van der Waals surface area contributed by atoms with E-state index in [0.717, 1.165) is 0 Å². The number of nitrogens with zero attached hydrogens (tertiary/aromatic N) is 2. The van der Waals surface area contributed by atoms with E-state index in [1.807, 2.05) is 10.1 Å². The zero-order chi connectivity index (χ0) is 23.8. The lowest BCUT2D eigenvalue weighted by atomic mass is 9.80. The molecule has 0 aromatic heterocycles. The molecule has 0 radical (unpaired) electrons. The van der Waals surface area contributed by atoms with E-state index in [1.165, 1.54) is 0 Å². The molecule has 2 rings (SSSR count). The summed E-state index contributed by atoms with van der Waals surface area (Å²) >= 11 is 0. The van der Waals surface area contributed by atoms with Gasteiger partial charge in [-0.2, -0.15) is 10.1 Å². The molecule has 8 nitrogen and oxygen atoms in total. The van der Waals surface area contributed by atoms with E-state index in [9.17, 15) is 9.59 Å². The van der Waals surface area contributed by atoms with Gasteiger partial charge in [-0.15, -0.1) is 0 Å². The average molecular weight is 443 g/mol. The Bertz CT molecular complexity index is 581. The molecular formula is C23H42N2O6. The van der Waals surface area contributed by atoms with Crippen LogP contribution in [0.4, 0.5) is 0 Å². The monoisotopic (exact) mass is 442 g/mol. The highest BCUT2D eigenvalue weighted by Crippen LogP contribution is 2.40. The molecular weight excluding hydrogens is 400 g/mol. The first kappa shape index (κ1) is 26.0. The van der Waals surface area contributed by atoms with Gasteiger partial charge in [0.25, 0.3) is 0 Å². The van der Waals surface area contributed by atoms with Gasteiger partial charge in [0.1, 0.15) is 18.6 Å². The molecule has 2 aliphatic rings. The van der Waals surface area contributed by atoms with Gasteiger partial charge in [-0.1, -0.05) is 0 Å². The number of ether oxygens (including phenoxy) is 2. The van der Waals surface area contributed by atoms with Gasteiger partial charge in [-0.25, -0.2) is 0 Å². The van der Waals surface area contributed by atoms with Crippen molar-refractivity contribution < 1.29 is 28.7 Å². The first-order valence-corrected chi connectivity index (χ1v) is 11.1. The fourth-order valence-electron chi connectivity index (χ4n) is 6.07. The van der Waals surface area contributed by atoms with Crippen LogP contribution in [0.5, 0.6) is 0 Å². The number of hydrogen-bond donors (Lipinski definition) is 0. The molecule has 8 heteroatoms. The SMILES string of the molecule is CON1C(C)(C)CC(OC(=O)CC(=O)OC2CC(C)(C)N(OC)C(C)(C)C2)CC1(C)C. The van der Waals surface area contributed by atoms with E-state index in [1.54, 1.807) is 14.2 Å². The molecule has 180 valence electrons. The second kappa shape index (κ2) is 8.96. The second-order valence-electron chi connectivity index (χ2n) is 11.4. The van der Waals surface area contributed by atoms with Gasteiger partial charge < -0.3 is 19.1 Å². The summed E-state index contributed by atoms with van der Waals surface area (Å²) in [5.74, 6) is -1.08. The summed E-state index contributed by atoms with van der Waals surface area (Å²) < 4.78 is 11.4. The first-order valence-electron chi connectivity index (χ1n) is 11.1. The van der Waals surface area contributed by atoms with Crippen LogP contribution in [-0.2, 0) is 28.7 Å². The maximum Gasteiger partial charge on any atom is 0.317 e. The minimum atomic E-state index is -0.541. The molecule has 2 aliphatic heterocycles. The van der Waals surface area contributed by atoms with Gasteiger partial charge in [-0.3, -0.25) is 9.59 Å². The molecule has 0 saturated carbocycles. The van der Waals surface area contributed by atoms with Crippen molar-refractivity contribution in [1.82, 2.24) is 10.1 Å². The summed E-state index contributed by atoms with van der Waals surface area (Å²) in [6.07, 6.45) is 1.58. The highest BCUT2D eigenvalue weighted by molar-refractivity contribution is 5.91. The molecule has 0 N–H and O–H groups in total. The average Bonchev–Trinajstić information content (AvgIpc) is 2.49. The molecule has 31 heavy (non-hydrogen) atoms. The summed E-state index contributed by atoms with van der Waals surface area (Å²) in [7, 11) is 3.32. The lowest BCUT2D eigenvalue weighted by Gasteiger charge is -2.52. The van der Waals surface area contributed by atoms with Gasteiger partial charge in [0.15, 0.2) is 0 Å². The van der Waals surface area contributed by atoms with Gasteiger partial charge in [0.2, 0.25) is 0 Å². The van der Waals surface area contributed by atoms with Crippen molar-refractivity contribution in [1.29, 1.82) is 0 Å². The predicted octanol–water partition coefficient (Wildman–Crippen LogP) is 3.63. The number of carbonyl (C=O) groups is 2. The maximum atomic E-state index is 12.5. The Morgan fingerprint density at radius 3 is 1.13 bits per heavy atom. The number of esters is 2. The van der Waals surface area contributed by atoms with Crippen molar-refractivity contribution in [3.63, 3.8) is 0 Å². The summed E-state index contributed by atoms with van der Waals surface area (Å²) in [4.78, 5) is 36.1. The normalized spacial score (nSPS) is 26.4. The van der Waals surface area contributed by atoms with Crippen LogP contribution in [0.25, 0.3) is 0 Å². The molecule has 2 saturated heterocycles. The minimum Gasteiger partial charge on any atom is -0.462 e. The van der Waals surface area contributed by atoms with Crippen molar-refractivity contribution in [3.8, 4) is 0 Å². The van der Waals surface area contributed by atoms with Gasteiger partial charge in [0.05, 0.1) is 14.2 Å². The molecule has 0 aromatic carbocycles. The summed E-state index contributed by atoms with van der Waals surface area (Å²) in [5, 5.41) is 3.91. The lowest BCUT2D eigenvalue weighted by molar-refractivity contribution is -0.278. The number of hydrogen-bond acceptors (Lipinski definition) is 8. The van der Waals surface area contributed by atoms with E-state index >= 15 is 0 Å². The van der Waals surface area contributed by atoms with Crippen LogP contribution in [0, 0.1) is 0 Å². The number of hydroxylamine groups is 4. The zero-order valence-electron chi connectivity index (χ0n) is 21.0. The Hall–Kier alpha value is -1.22. The van der Waals surface area contributed by atoms with E-state index in [0.29, 0.717) is 25.7 Å². The van der Waals surface area contributed by atoms with Gasteiger partial charge >= 0.3 is 11.9 Å². The Morgan fingerprint density at radius 1 is 0.645 bits per heavy atom. The highest BCUT2D eigenvalue weighted by Gasteiger charge is 2.49. The van der Waals surface area contributed by atoms with Gasteiger partial charge in [-0.05, 0) is 55.4 Å². The Labute approximate surface area is 187 Å². The lowest BCUT2D eigenvalue weighted by Crippen LogP contribution is -2.61. The summed E-state index contributed by atoms with van der Waals surface area (Å²) in [6.45, 7) is 16.5. The zero-order valence-corrected chi connectivity index (χ0v) is 21.0. The molecule has 0 unspecified atom stereocenters. The predicted molar refractivity (Wildman–Crippen MR) is 117 cm³/mol. The molecule has 0 atom stereocenters. The quantitative estimate of drug-likeness (QED) is 0.456. The van der Waals surface area contributed by atoms with E-state index in [2.05, 4.69) is 55.4 Å². The first-order chi connectivity index (χ1) is 14.0. The van der Waals surface area contributed by atoms with Crippen molar-refractivity contribution >= 4 is 11.9 Å². The van der Waals surface area contributed by atoms with Crippen molar-refractivity contribution in [2.45, 2.75) is 122 Å². The van der Waals surface area contributed by atoms with Crippen LogP contribution in [0.1, 0.15) is 87.5 Å². The van der Waals surface area contributed by atoms with Crippen LogP contribution in [0.3, 0.4) is 0 Å². The second-order valence-corrected chi connectivity index (χ2v) is 11.4. The smallest absolute Gasteiger partial charge is 0.317 e. The summed E-state index contributed by atoms with van der Waals surface area (Å²) in [5.41, 5.74) is -1.19. The van der Waals surface area contributed by atoms with Crippen molar-refractivity contribution in [2.24, 2.45) is 0 Å². The fourth-order valence-corrected chi connectivity index (χ4v) is 6.07. The molecule has 0 aromatic rings. The van der Waals surface area contributed by atoms with E-state index in [4.69, 9.17) is 19.1 Å².